The maximum Gasteiger partial charge on any atom is 0.222 e. The van der Waals surface area contributed by atoms with Gasteiger partial charge in [-0.3, -0.25) is 4.79 Å². The van der Waals surface area contributed by atoms with Crippen LogP contribution in [0, 0.1) is 5.92 Å². The van der Waals surface area contributed by atoms with E-state index in [0.717, 1.165) is 25.8 Å². The Hall–Kier alpha value is -0.570. The highest BCUT2D eigenvalue weighted by Gasteiger charge is 2.30. The maximum atomic E-state index is 11.3. The Morgan fingerprint density at radius 1 is 1.57 bits per heavy atom. The first-order chi connectivity index (χ1) is 6.66. The normalized spacial score (nSPS) is 26.0. The topological polar surface area (TPSA) is 46.3 Å². The van der Waals surface area contributed by atoms with Gasteiger partial charge in [0.1, 0.15) is 0 Å². The van der Waals surface area contributed by atoms with Crippen molar-refractivity contribution in [1.82, 2.24) is 4.90 Å². The van der Waals surface area contributed by atoms with Crippen LogP contribution in [0.25, 0.3) is 0 Å². The van der Waals surface area contributed by atoms with Gasteiger partial charge in [0.05, 0.1) is 5.92 Å². The number of likely N-dealkylation sites (tertiary alicyclic amines) is 1. The summed E-state index contributed by atoms with van der Waals surface area (Å²) in [5.41, 5.74) is 5.45. The van der Waals surface area contributed by atoms with Gasteiger partial charge in [0, 0.05) is 6.04 Å². The van der Waals surface area contributed by atoms with Gasteiger partial charge in [-0.25, -0.2) is 0 Å². The molecule has 0 spiro atoms. The van der Waals surface area contributed by atoms with Crippen molar-refractivity contribution in [2.75, 3.05) is 13.6 Å². The zero-order valence-corrected chi connectivity index (χ0v) is 9.33. The Bertz CT molecular complexity index is 194. The van der Waals surface area contributed by atoms with Crippen LogP contribution in [0.5, 0.6) is 0 Å². The number of amides is 1. The summed E-state index contributed by atoms with van der Waals surface area (Å²) in [7, 11) is 2.11. The largest absolute Gasteiger partial charge is 0.369 e. The highest BCUT2D eigenvalue weighted by atomic mass is 16.1. The summed E-state index contributed by atoms with van der Waals surface area (Å²) in [6, 6.07) is 0.390. The second kappa shape index (κ2) is 5.35. The molecule has 0 aromatic rings. The molecule has 0 saturated carbocycles. The van der Waals surface area contributed by atoms with E-state index in [1.54, 1.807) is 0 Å². The molecule has 1 saturated heterocycles. The van der Waals surface area contributed by atoms with Crippen molar-refractivity contribution in [2.24, 2.45) is 11.7 Å². The van der Waals surface area contributed by atoms with E-state index < -0.39 is 0 Å². The van der Waals surface area contributed by atoms with Crippen LogP contribution in [0.3, 0.4) is 0 Å². The predicted molar refractivity (Wildman–Crippen MR) is 57.9 cm³/mol. The first kappa shape index (κ1) is 11.5. The third-order valence-electron chi connectivity index (χ3n) is 3.26. The number of carbonyl (C=O) groups excluding carboxylic acids is 1. The van der Waals surface area contributed by atoms with Gasteiger partial charge in [0.2, 0.25) is 5.91 Å². The van der Waals surface area contributed by atoms with Crippen molar-refractivity contribution in [3.63, 3.8) is 0 Å². The van der Waals surface area contributed by atoms with Gasteiger partial charge >= 0.3 is 0 Å². The lowest BCUT2D eigenvalue weighted by Gasteiger charge is -2.36. The van der Waals surface area contributed by atoms with Crippen LogP contribution in [0.15, 0.2) is 0 Å². The Labute approximate surface area is 86.6 Å². The molecule has 1 aliphatic heterocycles. The predicted octanol–water partition coefficient (Wildman–Crippen LogP) is 1.37. The summed E-state index contributed by atoms with van der Waals surface area (Å²) in [6.45, 7) is 3.22. The Kier molecular flexibility index (Phi) is 4.39. The van der Waals surface area contributed by atoms with E-state index in [9.17, 15) is 4.79 Å². The molecular weight excluding hydrogens is 176 g/mol. The lowest BCUT2D eigenvalue weighted by molar-refractivity contribution is -0.124. The minimum Gasteiger partial charge on any atom is -0.369 e. The molecule has 1 fully saturated rings. The number of piperidine rings is 1. The number of nitrogens with two attached hydrogens (primary N) is 1. The molecule has 1 heterocycles. The molecule has 0 aliphatic carbocycles. The molecule has 2 atom stereocenters. The molecule has 3 nitrogen and oxygen atoms in total. The number of carbonyl (C=O) groups is 1. The van der Waals surface area contributed by atoms with Gasteiger partial charge in [0.25, 0.3) is 0 Å². The van der Waals surface area contributed by atoms with Crippen LogP contribution in [0.2, 0.25) is 0 Å². The van der Waals surface area contributed by atoms with E-state index in [1.165, 1.54) is 12.8 Å². The lowest BCUT2D eigenvalue weighted by Crippen LogP contribution is -2.46. The van der Waals surface area contributed by atoms with E-state index >= 15 is 0 Å². The van der Waals surface area contributed by atoms with E-state index in [2.05, 4.69) is 18.9 Å². The minimum absolute atomic E-state index is 0.0605. The van der Waals surface area contributed by atoms with Crippen molar-refractivity contribution >= 4 is 5.91 Å². The third-order valence-corrected chi connectivity index (χ3v) is 3.26. The highest BCUT2D eigenvalue weighted by Crippen LogP contribution is 2.24. The molecule has 1 amide bonds. The van der Waals surface area contributed by atoms with Crippen LogP contribution in [-0.4, -0.2) is 30.4 Å². The lowest BCUT2D eigenvalue weighted by atomic mass is 9.87. The Morgan fingerprint density at radius 3 is 2.79 bits per heavy atom. The first-order valence-electron chi connectivity index (χ1n) is 5.66. The molecule has 2 unspecified atom stereocenters. The standard InChI is InChI=1S/C11H22N2O/c1-3-6-9(11(12)14)10-7-4-5-8-13(10)2/h9-10H,3-8H2,1-2H3,(H2,12,14). The number of rotatable bonds is 4. The monoisotopic (exact) mass is 198 g/mol. The van der Waals surface area contributed by atoms with Crippen LogP contribution in [0.1, 0.15) is 39.0 Å². The molecule has 0 bridgehead atoms. The molecule has 3 heteroatoms. The minimum atomic E-state index is -0.120. The van der Waals surface area contributed by atoms with Crippen LogP contribution < -0.4 is 5.73 Å². The van der Waals surface area contributed by atoms with Crippen LogP contribution in [0.4, 0.5) is 0 Å². The molecule has 1 aliphatic rings. The molecule has 0 radical (unpaired) electrons. The SMILES string of the molecule is CCCC(C(N)=O)C1CCCCN1C. The zero-order valence-electron chi connectivity index (χ0n) is 9.33. The molecule has 2 N–H and O–H groups in total. The summed E-state index contributed by atoms with van der Waals surface area (Å²) in [5, 5.41) is 0. The average Bonchev–Trinajstić information content (AvgIpc) is 2.15. The van der Waals surface area contributed by atoms with Gasteiger partial charge in [-0.15, -0.1) is 0 Å². The zero-order chi connectivity index (χ0) is 10.6. The number of nitrogens with zero attached hydrogens (tertiary/aromatic N) is 1. The summed E-state index contributed by atoms with van der Waals surface area (Å²) in [5.74, 6) is -0.0594. The molecule has 14 heavy (non-hydrogen) atoms. The van der Waals surface area contributed by atoms with E-state index in [0.29, 0.717) is 6.04 Å². The molecule has 82 valence electrons. The Morgan fingerprint density at radius 2 is 2.29 bits per heavy atom. The fraction of sp³-hybridized carbons (Fsp3) is 0.909. The van der Waals surface area contributed by atoms with Crippen molar-refractivity contribution < 1.29 is 4.79 Å². The number of primary amides is 1. The first-order valence-corrected chi connectivity index (χ1v) is 5.66. The fourth-order valence-corrected chi connectivity index (χ4v) is 2.44. The second-order valence-corrected chi connectivity index (χ2v) is 4.34. The number of hydrogen-bond donors (Lipinski definition) is 1. The summed E-state index contributed by atoms with van der Waals surface area (Å²) in [6.07, 6.45) is 5.60. The van der Waals surface area contributed by atoms with Crippen molar-refractivity contribution in [3.05, 3.63) is 0 Å². The van der Waals surface area contributed by atoms with E-state index in [1.807, 2.05) is 0 Å². The van der Waals surface area contributed by atoms with Gasteiger partial charge in [-0.1, -0.05) is 19.8 Å². The quantitative estimate of drug-likeness (QED) is 0.741. The molecular formula is C11H22N2O. The Balaban J connectivity index is 2.60. The van der Waals surface area contributed by atoms with Crippen molar-refractivity contribution in [2.45, 2.75) is 45.1 Å². The van der Waals surface area contributed by atoms with Crippen molar-refractivity contribution in [3.8, 4) is 0 Å². The summed E-state index contributed by atoms with van der Waals surface area (Å²) in [4.78, 5) is 13.6. The number of hydrogen-bond acceptors (Lipinski definition) is 2. The third kappa shape index (κ3) is 2.71. The average molecular weight is 198 g/mol. The second-order valence-electron chi connectivity index (χ2n) is 4.34. The van der Waals surface area contributed by atoms with E-state index in [4.69, 9.17) is 5.73 Å². The summed E-state index contributed by atoms with van der Waals surface area (Å²) >= 11 is 0. The van der Waals surface area contributed by atoms with Gasteiger partial charge in [-0.2, -0.15) is 0 Å². The fourth-order valence-electron chi connectivity index (χ4n) is 2.44. The summed E-state index contributed by atoms with van der Waals surface area (Å²) < 4.78 is 0. The van der Waals surface area contributed by atoms with Gasteiger partial charge < -0.3 is 10.6 Å². The van der Waals surface area contributed by atoms with Gasteiger partial charge in [-0.05, 0) is 32.9 Å². The maximum absolute atomic E-state index is 11.3. The molecule has 1 rings (SSSR count). The highest BCUT2D eigenvalue weighted by molar-refractivity contribution is 5.77. The molecule has 0 aromatic heterocycles. The van der Waals surface area contributed by atoms with Crippen LogP contribution in [-0.2, 0) is 4.79 Å². The molecule has 0 aromatic carbocycles. The van der Waals surface area contributed by atoms with Crippen molar-refractivity contribution in [1.29, 1.82) is 0 Å². The smallest absolute Gasteiger partial charge is 0.222 e. The van der Waals surface area contributed by atoms with Crippen LogP contribution >= 0.6 is 0 Å². The van der Waals surface area contributed by atoms with E-state index in [-0.39, 0.29) is 11.8 Å². The van der Waals surface area contributed by atoms with Gasteiger partial charge in [0.15, 0.2) is 0 Å².